The molecule has 0 atom stereocenters. The van der Waals surface area contributed by atoms with Gasteiger partial charge in [-0.1, -0.05) is 24.3 Å². The fraction of sp³-hybridized carbons (Fsp3) is 0.250. The number of fused-ring (bicyclic) bond motifs is 1. The van der Waals surface area contributed by atoms with Crippen LogP contribution >= 0.6 is 0 Å². The molecule has 1 aliphatic rings. The summed E-state index contributed by atoms with van der Waals surface area (Å²) in [6, 6.07) is 15.6. The van der Waals surface area contributed by atoms with Gasteiger partial charge in [-0.15, -0.1) is 0 Å². The number of hydrogen-bond donors (Lipinski definition) is 0. The summed E-state index contributed by atoms with van der Waals surface area (Å²) in [5.74, 6) is 1.55. The Bertz CT molecular complexity index is 1660. The lowest BCUT2D eigenvalue weighted by Crippen LogP contribution is -2.07. The Labute approximate surface area is 221 Å². The van der Waals surface area contributed by atoms with Crippen LogP contribution in [0.2, 0.25) is 0 Å². The van der Waals surface area contributed by atoms with Crippen molar-refractivity contribution in [3.8, 4) is 28.8 Å². The van der Waals surface area contributed by atoms with Crippen molar-refractivity contribution in [3.05, 3.63) is 83.6 Å². The quantitative estimate of drug-likeness (QED) is 0.252. The maximum absolute atomic E-state index is 13.1. The summed E-state index contributed by atoms with van der Waals surface area (Å²) in [5.41, 5.74) is 3.02. The number of ether oxygens (including phenoxy) is 2. The average molecular weight is 533 g/mol. The first-order valence-electron chi connectivity index (χ1n) is 12.3. The Balaban J connectivity index is 1.30. The number of para-hydroxylation sites is 1. The first-order chi connectivity index (χ1) is 18.8. The monoisotopic (exact) mass is 532 g/mol. The molecule has 0 spiro atoms. The molecule has 5 aromatic rings. The largest absolute Gasteiger partial charge is 0.480 e. The lowest BCUT2D eigenvalue weighted by Gasteiger charge is -2.14. The molecule has 6 rings (SSSR count). The van der Waals surface area contributed by atoms with E-state index in [1.807, 2.05) is 24.3 Å². The van der Waals surface area contributed by atoms with E-state index < -0.39 is 11.9 Å². The first-order valence-corrected chi connectivity index (χ1v) is 12.3. The molecule has 0 amide bonds. The number of aromatic nitrogens is 6. The zero-order chi connectivity index (χ0) is 27.1. The van der Waals surface area contributed by atoms with Crippen LogP contribution in [0.15, 0.2) is 60.9 Å². The van der Waals surface area contributed by atoms with Crippen molar-refractivity contribution >= 4 is 10.9 Å². The second kappa shape index (κ2) is 9.64. The lowest BCUT2D eigenvalue weighted by atomic mass is 10.1. The van der Waals surface area contributed by atoms with Crippen molar-refractivity contribution in [1.82, 2.24) is 29.7 Å². The Morgan fingerprint density at radius 2 is 1.74 bits per heavy atom. The van der Waals surface area contributed by atoms with Crippen LogP contribution in [-0.2, 0) is 12.8 Å². The third-order valence-electron chi connectivity index (χ3n) is 6.53. The Kier molecular flexibility index (Phi) is 6.13. The second-order valence-electron chi connectivity index (χ2n) is 9.32. The van der Waals surface area contributed by atoms with Crippen LogP contribution in [0.4, 0.5) is 13.2 Å². The molecule has 0 bridgehead atoms. The minimum Gasteiger partial charge on any atom is -0.480 e. The highest BCUT2D eigenvalue weighted by molar-refractivity contribution is 5.85. The minimum absolute atomic E-state index is 0.185. The summed E-state index contributed by atoms with van der Waals surface area (Å²) in [6.45, 7) is 1.77. The minimum atomic E-state index is -4.50. The average Bonchev–Trinajstić information content (AvgIpc) is 3.71. The van der Waals surface area contributed by atoms with Crippen molar-refractivity contribution in [1.29, 1.82) is 0 Å². The number of nitrogens with zero attached hydrogens (tertiary/aromatic N) is 6. The zero-order valence-corrected chi connectivity index (χ0v) is 21.1. The van der Waals surface area contributed by atoms with Gasteiger partial charge in [0, 0.05) is 11.6 Å². The molecule has 11 heteroatoms. The normalized spacial score (nSPS) is 13.6. The summed E-state index contributed by atoms with van der Waals surface area (Å²) >= 11 is 0. The second-order valence-corrected chi connectivity index (χ2v) is 9.32. The van der Waals surface area contributed by atoms with E-state index in [1.165, 1.54) is 11.0 Å². The molecule has 1 saturated carbocycles. The fourth-order valence-corrected chi connectivity index (χ4v) is 4.44. The third kappa shape index (κ3) is 4.87. The van der Waals surface area contributed by atoms with Gasteiger partial charge in [0.25, 0.3) is 0 Å². The van der Waals surface area contributed by atoms with Gasteiger partial charge in [-0.05, 0) is 55.7 Å². The van der Waals surface area contributed by atoms with Crippen LogP contribution in [0.1, 0.15) is 41.4 Å². The maximum Gasteiger partial charge on any atom is 0.435 e. The molecule has 1 aliphatic carbocycles. The summed E-state index contributed by atoms with van der Waals surface area (Å²) < 4.78 is 52.2. The van der Waals surface area contributed by atoms with Crippen molar-refractivity contribution in [2.24, 2.45) is 0 Å². The number of rotatable bonds is 7. The molecule has 3 heterocycles. The van der Waals surface area contributed by atoms with Crippen LogP contribution in [0, 0.1) is 6.92 Å². The van der Waals surface area contributed by atoms with E-state index in [2.05, 4.69) is 15.1 Å². The van der Waals surface area contributed by atoms with Crippen LogP contribution in [0.5, 0.6) is 11.8 Å². The summed E-state index contributed by atoms with van der Waals surface area (Å²) in [4.78, 5) is 18.3. The molecule has 8 nitrogen and oxygen atoms in total. The molecule has 1 fully saturated rings. The van der Waals surface area contributed by atoms with Crippen LogP contribution in [0.25, 0.3) is 28.0 Å². The van der Waals surface area contributed by atoms with Crippen molar-refractivity contribution in [2.45, 2.75) is 38.5 Å². The van der Waals surface area contributed by atoms with Crippen LogP contribution in [-0.4, -0.2) is 36.8 Å². The topological polar surface area (TPSA) is 87.8 Å². The van der Waals surface area contributed by atoms with Gasteiger partial charge in [-0.2, -0.15) is 23.3 Å². The highest BCUT2D eigenvalue weighted by Crippen LogP contribution is 2.45. The molecule has 0 radical (unpaired) electrons. The van der Waals surface area contributed by atoms with Crippen molar-refractivity contribution in [3.63, 3.8) is 0 Å². The van der Waals surface area contributed by atoms with Crippen molar-refractivity contribution in [2.75, 3.05) is 7.11 Å². The van der Waals surface area contributed by atoms with E-state index >= 15 is 0 Å². The number of benzene rings is 2. The smallest absolute Gasteiger partial charge is 0.435 e. The maximum atomic E-state index is 13.1. The standard InChI is InChI=1S/C28H23F3N6O2/c1-16-13-22(28(29,30)31)36-37(16)19-11-7-17(8-12-19)14-39-26-20-5-3-4-6-21(20)34-25(35-26)23-24(18-9-10-18)32-15-33-27(23)38-2/h3-8,11-13,15,18H,9-10,14H2,1-2H3. The number of hydrogen-bond acceptors (Lipinski definition) is 7. The van der Waals surface area contributed by atoms with Gasteiger partial charge >= 0.3 is 6.18 Å². The molecular formula is C28H23F3N6O2. The molecule has 0 saturated heterocycles. The van der Waals surface area contributed by atoms with Crippen LogP contribution < -0.4 is 9.47 Å². The summed E-state index contributed by atoms with van der Waals surface area (Å²) in [7, 11) is 1.55. The number of aryl methyl sites for hydroxylation is 1. The molecule has 0 unspecified atom stereocenters. The Morgan fingerprint density at radius 1 is 0.974 bits per heavy atom. The molecule has 0 aliphatic heterocycles. The highest BCUT2D eigenvalue weighted by atomic mass is 19.4. The molecule has 39 heavy (non-hydrogen) atoms. The predicted octanol–water partition coefficient (Wildman–Crippen LogP) is 6.06. The van der Waals surface area contributed by atoms with Gasteiger partial charge in [0.1, 0.15) is 18.5 Å². The lowest BCUT2D eigenvalue weighted by molar-refractivity contribution is -0.141. The zero-order valence-electron chi connectivity index (χ0n) is 21.1. The van der Waals surface area contributed by atoms with Gasteiger partial charge in [-0.3, -0.25) is 0 Å². The van der Waals surface area contributed by atoms with E-state index in [-0.39, 0.29) is 6.61 Å². The van der Waals surface area contributed by atoms with Gasteiger partial charge in [-0.25, -0.2) is 19.6 Å². The molecule has 198 valence electrons. The molecule has 3 aromatic heterocycles. The SMILES string of the molecule is COc1ncnc(C2CC2)c1-c1nc(OCc2ccc(-n3nc(C(F)(F)F)cc3C)cc2)c2ccccc2n1. The van der Waals surface area contributed by atoms with E-state index in [1.54, 1.807) is 38.3 Å². The molecular weight excluding hydrogens is 509 g/mol. The Hall–Kier alpha value is -4.54. The van der Waals surface area contributed by atoms with Gasteiger partial charge in [0.05, 0.1) is 29.4 Å². The van der Waals surface area contributed by atoms with Crippen LogP contribution in [0.3, 0.4) is 0 Å². The summed E-state index contributed by atoms with van der Waals surface area (Å²) in [5, 5.41) is 4.45. The summed E-state index contributed by atoms with van der Waals surface area (Å²) in [6.07, 6.45) is -0.934. The predicted molar refractivity (Wildman–Crippen MR) is 137 cm³/mol. The van der Waals surface area contributed by atoms with Crippen molar-refractivity contribution < 1.29 is 22.6 Å². The van der Waals surface area contributed by atoms with E-state index in [4.69, 9.17) is 19.4 Å². The van der Waals surface area contributed by atoms with E-state index in [0.717, 1.165) is 35.6 Å². The van der Waals surface area contributed by atoms with Gasteiger partial charge in [0.2, 0.25) is 11.8 Å². The van der Waals surface area contributed by atoms with E-state index in [0.29, 0.717) is 46.0 Å². The van der Waals surface area contributed by atoms with E-state index in [9.17, 15) is 13.2 Å². The molecule has 0 N–H and O–H groups in total. The first kappa shape index (κ1) is 24.8. The number of methoxy groups -OCH3 is 1. The number of halogens is 3. The highest BCUT2D eigenvalue weighted by Gasteiger charge is 2.34. The third-order valence-corrected chi connectivity index (χ3v) is 6.53. The molecule has 2 aromatic carbocycles. The Morgan fingerprint density at radius 3 is 2.44 bits per heavy atom. The fourth-order valence-electron chi connectivity index (χ4n) is 4.44. The van der Waals surface area contributed by atoms with Gasteiger partial charge < -0.3 is 9.47 Å². The number of alkyl halides is 3. The van der Waals surface area contributed by atoms with Gasteiger partial charge in [0.15, 0.2) is 11.5 Å².